The molecule has 0 spiro atoms. The number of rotatable bonds is 4. The number of aromatic carboxylic acids is 1. The molecule has 22 heavy (non-hydrogen) atoms. The second-order valence-corrected chi connectivity index (χ2v) is 5.21. The number of carbonyl (C=O) groups is 2. The van der Waals surface area contributed by atoms with Gasteiger partial charge >= 0.3 is 11.9 Å². The van der Waals surface area contributed by atoms with Crippen LogP contribution in [0.15, 0.2) is 24.3 Å². The van der Waals surface area contributed by atoms with Gasteiger partial charge in [0.15, 0.2) is 0 Å². The molecule has 1 aliphatic heterocycles. The third kappa shape index (κ3) is 3.82. The van der Waals surface area contributed by atoms with Crippen LogP contribution < -0.4 is 0 Å². The summed E-state index contributed by atoms with van der Waals surface area (Å²) < 4.78 is 10.5. The molecule has 0 unspecified atom stereocenters. The number of carboxylic acids is 1. The van der Waals surface area contributed by atoms with Crippen LogP contribution in [0.1, 0.15) is 35.4 Å². The number of hydrogen-bond acceptors (Lipinski definition) is 6. The number of carbonyl (C=O) groups excluding carboxylic acids is 1. The molecule has 1 aliphatic rings. The first-order valence-corrected chi connectivity index (χ1v) is 6.86. The van der Waals surface area contributed by atoms with Gasteiger partial charge in [0.2, 0.25) is 0 Å². The summed E-state index contributed by atoms with van der Waals surface area (Å²) in [6, 6.07) is 5.96. The number of aliphatic hydroxyl groups excluding tert-OH is 2. The van der Waals surface area contributed by atoms with Gasteiger partial charge in [0, 0.05) is 13.3 Å². The van der Waals surface area contributed by atoms with Crippen molar-refractivity contribution < 1.29 is 34.4 Å². The van der Waals surface area contributed by atoms with Crippen LogP contribution >= 0.6 is 0 Å². The Kier molecular flexibility index (Phi) is 5.12. The number of ether oxygens (including phenoxy) is 2. The quantitative estimate of drug-likeness (QED) is 0.694. The first-order valence-electron chi connectivity index (χ1n) is 6.86. The molecule has 0 amide bonds. The van der Waals surface area contributed by atoms with Gasteiger partial charge in [-0.05, 0) is 17.7 Å². The third-order valence-corrected chi connectivity index (χ3v) is 3.48. The minimum Gasteiger partial charge on any atom is -0.478 e. The molecule has 7 nitrogen and oxygen atoms in total. The lowest BCUT2D eigenvalue weighted by Gasteiger charge is -2.37. The zero-order valence-corrected chi connectivity index (χ0v) is 12.0. The van der Waals surface area contributed by atoms with E-state index in [0.29, 0.717) is 5.56 Å². The summed E-state index contributed by atoms with van der Waals surface area (Å²) in [4.78, 5) is 21.9. The maximum Gasteiger partial charge on any atom is 0.335 e. The minimum absolute atomic E-state index is 0.0335. The summed E-state index contributed by atoms with van der Waals surface area (Å²) in [6.45, 7) is 1.23. The topological polar surface area (TPSA) is 113 Å². The molecule has 0 radical (unpaired) electrons. The van der Waals surface area contributed by atoms with Crippen molar-refractivity contribution in [3.05, 3.63) is 35.4 Å². The van der Waals surface area contributed by atoms with Crippen molar-refractivity contribution in [3.63, 3.8) is 0 Å². The zero-order valence-electron chi connectivity index (χ0n) is 12.0. The summed E-state index contributed by atoms with van der Waals surface area (Å²) in [5, 5.41) is 29.0. The fourth-order valence-electron chi connectivity index (χ4n) is 2.40. The average molecular weight is 310 g/mol. The van der Waals surface area contributed by atoms with Crippen LogP contribution in [0.5, 0.6) is 0 Å². The minimum atomic E-state index is -1.18. The molecule has 1 aromatic rings. The number of aliphatic hydroxyl groups is 2. The smallest absolute Gasteiger partial charge is 0.335 e. The number of esters is 1. The van der Waals surface area contributed by atoms with Gasteiger partial charge in [-0.25, -0.2) is 4.79 Å². The van der Waals surface area contributed by atoms with Gasteiger partial charge in [-0.1, -0.05) is 12.1 Å². The fraction of sp³-hybridized carbons (Fsp3) is 0.467. The molecule has 1 fully saturated rings. The van der Waals surface area contributed by atoms with Crippen molar-refractivity contribution in [2.24, 2.45) is 0 Å². The third-order valence-electron chi connectivity index (χ3n) is 3.48. The second-order valence-electron chi connectivity index (χ2n) is 5.21. The van der Waals surface area contributed by atoms with Crippen LogP contribution in [0.25, 0.3) is 0 Å². The average Bonchev–Trinajstić information content (AvgIpc) is 2.48. The summed E-state index contributed by atoms with van der Waals surface area (Å²) in [5.74, 6) is -1.56. The van der Waals surface area contributed by atoms with E-state index in [1.165, 1.54) is 25.1 Å². The Morgan fingerprint density at radius 1 is 1.36 bits per heavy atom. The maximum absolute atomic E-state index is 11.0. The number of hydrogen-bond donors (Lipinski definition) is 3. The van der Waals surface area contributed by atoms with Gasteiger partial charge in [0.05, 0.1) is 17.8 Å². The van der Waals surface area contributed by atoms with Gasteiger partial charge in [0.1, 0.15) is 18.8 Å². The van der Waals surface area contributed by atoms with Crippen molar-refractivity contribution in [1.29, 1.82) is 0 Å². The zero-order chi connectivity index (χ0) is 16.3. The number of benzene rings is 1. The van der Waals surface area contributed by atoms with Gasteiger partial charge in [-0.2, -0.15) is 0 Å². The molecular formula is C15H18O7. The molecule has 120 valence electrons. The van der Waals surface area contributed by atoms with E-state index in [0.717, 1.165) is 0 Å². The fourth-order valence-corrected chi connectivity index (χ4v) is 2.40. The molecule has 1 aromatic carbocycles. The monoisotopic (exact) mass is 310 g/mol. The summed E-state index contributed by atoms with van der Waals surface area (Å²) in [6.07, 6.45) is -3.56. The number of carboxylic acid groups (broad SMARTS) is 1. The summed E-state index contributed by atoms with van der Waals surface area (Å²) >= 11 is 0. The van der Waals surface area contributed by atoms with Crippen molar-refractivity contribution in [1.82, 2.24) is 0 Å². The molecule has 0 saturated carbocycles. The lowest BCUT2D eigenvalue weighted by molar-refractivity contribution is -0.187. The molecule has 1 saturated heterocycles. The van der Waals surface area contributed by atoms with Gasteiger partial charge in [-0.3, -0.25) is 4.79 Å². The standard InChI is InChI=1S/C15H18O7/c1-8(16)21-7-11-6-12(17)13(18)14(22-11)9-3-2-4-10(5-9)15(19)20/h2-5,11-14,17-18H,6-7H2,1H3,(H,19,20)/t11-,12-,13-,14+/m0/s1. The Morgan fingerprint density at radius 3 is 2.73 bits per heavy atom. The highest BCUT2D eigenvalue weighted by Crippen LogP contribution is 2.32. The van der Waals surface area contributed by atoms with Crippen LogP contribution in [0, 0.1) is 0 Å². The molecule has 1 heterocycles. The highest BCUT2D eigenvalue weighted by atomic mass is 16.6. The highest BCUT2D eigenvalue weighted by molar-refractivity contribution is 5.87. The summed E-state index contributed by atoms with van der Waals surface area (Å²) in [5.41, 5.74) is 0.504. The first kappa shape index (κ1) is 16.4. The Morgan fingerprint density at radius 2 is 2.09 bits per heavy atom. The van der Waals surface area contributed by atoms with Crippen LogP contribution in [0.2, 0.25) is 0 Å². The van der Waals surface area contributed by atoms with E-state index in [9.17, 15) is 19.8 Å². The van der Waals surface area contributed by atoms with Gasteiger partial charge in [0.25, 0.3) is 0 Å². The predicted molar refractivity (Wildman–Crippen MR) is 74.3 cm³/mol. The highest BCUT2D eigenvalue weighted by Gasteiger charge is 2.38. The lowest BCUT2D eigenvalue weighted by Crippen LogP contribution is -2.45. The molecule has 4 atom stereocenters. The Bertz CT molecular complexity index is 557. The van der Waals surface area contributed by atoms with Gasteiger partial charge in [-0.15, -0.1) is 0 Å². The Labute approximate surface area is 127 Å². The maximum atomic E-state index is 11.0. The van der Waals surface area contributed by atoms with Crippen molar-refractivity contribution >= 4 is 11.9 Å². The molecule has 0 bridgehead atoms. The molecule has 2 rings (SSSR count). The SMILES string of the molecule is CC(=O)OC[C@@H]1C[C@H](O)[C@H](O)[C@@H](c2cccc(C(=O)O)c2)O1. The van der Waals surface area contributed by atoms with Crippen molar-refractivity contribution in [2.45, 2.75) is 37.8 Å². The van der Waals surface area contributed by atoms with Crippen LogP contribution in [-0.4, -0.2) is 52.2 Å². The lowest BCUT2D eigenvalue weighted by atomic mass is 9.92. The van der Waals surface area contributed by atoms with Crippen LogP contribution in [0.3, 0.4) is 0 Å². The predicted octanol–water partition coefficient (Wildman–Crippen LogP) is 0.500. The van der Waals surface area contributed by atoms with Gasteiger partial charge < -0.3 is 24.8 Å². The molecule has 0 aliphatic carbocycles. The van der Waals surface area contributed by atoms with Crippen molar-refractivity contribution in [3.8, 4) is 0 Å². The molecular weight excluding hydrogens is 292 g/mol. The molecule has 7 heteroatoms. The summed E-state index contributed by atoms with van der Waals surface area (Å²) in [7, 11) is 0. The van der Waals surface area contributed by atoms with Crippen LogP contribution in [-0.2, 0) is 14.3 Å². The Balaban J connectivity index is 2.18. The van der Waals surface area contributed by atoms with E-state index >= 15 is 0 Å². The van der Waals surface area contributed by atoms with Crippen LogP contribution in [0.4, 0.5) is 0 Å². The molecule has 0 aromatic heterocycles. The van der Waals surface area contributed by atoms with E-state index in [1.54, 1.807) is 6.07 Å². The first-order chi connectivity index (χ1) is 10.4. The van der Waals surface area contributed by atoms with E-state index < -0.39 is 36.4 Å². The van der Waals surface area contributed by atoms with E-state index in [-0.39, 0.29) is 18.6 Å². The Hall–Kier alpha value is -1.96. The van der Waals surface area contributed by atoms with E-state index in [2.05, 4.69) is 0 Å². The largest absolute Gasteiger partial charge is 0.478 e. The van der Waals surface area contributed by atoms with Crippen molar-refractivity contribution in [2.75, 3.05) is 6.61 Å². The van der Waals surface area contributed by atoms with E-state index in [1.807, 2.05) is 0 Å². The van der Waals surface area contributed by atoms with E-state index in [4.69, 9.17) is 14.6 Å². The second kappa shape index (κ2) is 6.87. The normalized spacial score (nSPS) is 28.1. The molecule has 3 N–H and O–H groups in total.